The van der Waals surface area contributed by atoms with Gasteiger partial charge < -0.3 is 8.87 Å². The Labute approximate surface area is 139 Å². The number of aryl methyl sites for hydroxylation is 1. The van der Waals surface area contributed by atoms with Crippen LogP contribution >= 0.6 is 11.9 Å². The van der Waals surface area contributed by atoms with Crippen molar-refractivity contribution in [2.24, 2.45) is 13.0 Å². The van der Waals surface area contributed by atoms with Crippen LogP contribution in [0.25, 0.3) is 10.9 Å². The van der Waals surface area contributed by atoms with E-state index in [9.17, 15) is 4.79 Å². The molecule has 1 fully saturated rings. The van der Waals surface area contributed by atoms with Gasteiger partial charge in [-0.15, -0.1) is 0 Å². The van der Waals surface area contributed by atoms with Crippen LogP contribution in [0, 0.1) is 5.92 Å². The Balaban J connectivity index is 1.60. The van der Waals surface area contributed by atoms with E-state index in [0.717, 1.165) is 34.5 Å². The zero-order valence-electron chi connectivity index (χ0n) is 12.8. The molecule has 116 valence electrons. The maximum atomic E-state index is 13.0. The number of rotatable bonds is 3. The first-order valence-corrected chi connectivity index (χ1v) is 8.57. The van der Waals surface area contributed by atoms with Crippen molar-refractivity contribution < 1.29 is 4.79 Å². The number of fused-ring (bicyclic) bond motifs is 1. The Hall–Kier alpha value is -2.27. The summed E-state index contributed by atoms with van der Waals surface area (Å²) in [6.45, 7) is 0.735. The molecular weight excluding hydrogens is 306 g/mol. The van der Waals surface area contributed by atoms with Crippen LogP contribution in [-0.2, 0) is 7.05 Å². The highest BCUT2D eigenvalue weighted by Crippen LogP contribution is 2.33. The number of carbonyl (C=O) groups is 1. The van der Waals surface area contributed by atoms with E-state index >= 15 is 0 Å². The predicted octanol–water partition coefficient (Wildman–Crippen LogP) is 3.54. The van der Waals surface area contributed by atoms with Gasteiger partial charge in [0.05, 0.1) is 17.8 Å². The van der Waals surface area contributed by atoms with E-state index in [1.54, 1.807) is 18.1 Å². The standard InChI is InChI=1S/C18H17N3OS/c1-20-11-16(15-6-2-3-7-17(15)20)18(22)13-10-21(23-12-13)14-5-4-8-19-9-14/h2-9,11,13H,10,12H2,1H3. The number of carbonyl (C=O) groups excluding carboxylic acids is 1. The lowest BCUT2D eigenvalue weighted by molar-refractivity contribution is 0.0942. The average Bonchev–Trinajstić information content (AvgIpc) is 3.21. The molecule has 4 rings (SSSR count). The van der Waals surface area contributed by atoms with Gasteiger partial charge >= 0.3 is 0 Å². The lowest BCUT2D eigenvalue weighted by atomic mass is 9.98. The highest BCUT2D eigenvalue weighted by molar-refractivity contribution is 8.00. The first-order chi connectivity index (χ1) is 11.2. The number of nitrogens with zero attached hydrogens (tertiary/aromatic N) is 3. The Morgan fingerprint density at radius 3 is 2.96 bits per heavy atom. The number of aromatic nitrogens is 2. The molecule has 4 nitrogen and oxygen atoms in total. The molecule has 0 amide bonds. The molecule has 0 N–H and O–H groups in total. The van der Waals surface area contributed by atoms with Gasteiger partial charge in [0.15, 0.2) is 5.78 Å². The van der Waals surface area contributed by atoms with Crippen molar-refractivity contribution in [2.45, 2.75) is 0 Å². The van der Waals surface area contributed by atoms with E-state index in [-0.39, 0.29) is 11.7 Å². The van der Waals surface area contributed by atoms with Crippen molar-refractivity contribution in [3.8, 4) is 0 Å². The van der Waals surface area contributed by atoms with Gasteiger partial charge in [0.2, 0.25) is 0 Å². The van der Waals surface area contributed by atoms with Crippen LogP contribution < -0.4 is 4.31 Å². The van der Waals surface area contributed by atoms with Crippen LogP contribution in [0.2, 0.25) is 0 Å². The third kappa shape index (κ3) is 2.51. The molecule has 0 aliphatic carbocycles. The maximum absolute atomic E-state index is 13.0. The largest absolute Gasteiger partial charge is 0.350 e. The summed E-state index contributed by atoms with van der Waals surface area (Å²) in [5.74, 6) is 1.07. The molecule has 1 atom stereocenters. The van der Waals surface area contributed by atoms with Gasteiger partial charge in [-0.2, -0.15) is 0 Å². The Morgan fingerprint density at radius 1 is 1.26 bits per heavy atom. The molecule has 3 aromatic rings. The molecule has 0 bridgehead atoms. The Morgan fingerprint density at radius 2 is 2.13 bits per heavy atom. The van der Waals surface area contributed by atoms with Gasteiger partial charge in [0.1, 0.15) is 0 Å². The number of anilines is 1. The van der Waals surface area contributed by atoms with Crippen molar-refractivity contribution in [2.75, 3.05) is 16.6 Å². The van der Waals surface area contributed by atoms with Gasteiger partial charge in [0.25, 0.3) is 0 Å². The fourth-order valence-corrected chi connectivity index (χ4v) is 4.24. The Bertz CT molecular complexity index is 859. The number of pyridine rings is 1. The second kappa shape index (κ2) is 5.74. The van der Waals surface area contributed by atoms with E-state index in [1.807, 2.05) is 54.3 Å². The van der Waals surface area contributed by atoms with Crippen LogP contribution in [0.15, 0.2) is 55.0 Å². The van der Waals surface area contributed by atoms with Crippen molar-refractivity contribution in [3.63, 3.8) is 0 Å². The predicted molar refractivity (Wildman–Crippen MR) is 94.8 cm³/mol. The summed E-state index contributed by atoms with van der Waals surface area (Å²) in [5.41, 5.74) is 3.00. The SMILES string of the molecule is Cn1cc(C(=O)C2CSN(c3cccnc3)C2)c2ccccc21. The summed E-state index contributed by atoms with van der Waals surface area (Å²) in [7, 11) is 1.99. The second-order valence-electron chi connectivity index (χ2n) is 5.80. The molecule has 23 heavy (non-hydrogen) atoms. The molecule has 1 aliphatic heterocycles. The third-order valence-corrected chi connectivity index (χ3v) is 5.51. The van der Waals surface area contributed by atoms with Crippen molar-refractivity contribution in [1.82, 2.24) is 9.55 Å². The first-order valence-electron chi connectivity index (χ1n) is 7.63. The average molecular weight is 323 g/mol. The van der Waals surface area contributed by atoms with Gasteiger partial charge in [-0.05, 0) is 30.1 Å². The van der Waals surface area contributed by atoms with Gasteiger partial charge in [-0.25, -0.2) is 0 Å². The lowest BCUT2D eigenvalue weighted by Gasteiger charge is -2.15. The Kier molecular flexibility index (Phi) is 3.58. The summed E-state index contributed by atoms with van der Waals surface area (Å²) in [4.78, 5) is 17.1. The highest BCUT2D eigenvalue weighted by Gasteiger charge is 2.31. The molecule has 0 radical (unpaired) electrons. The third-order valence-electron chi connectivity index (χ3n) is 4.28. The minimum atomic E-state index is 0.0195. The van der Waals surface area contributed by atoms with Crippen LogP contribution in [0.1, 0.15) is 10.4 Å². The van der Waals surface area contributed by atoms with E-state index < -0.39 is 0 Å². The summed E-state index contributed by atoms with van der Waals surface area (Å²) < 4.78 is 4.20. The zero-order chi connectivity index (χ0) is 15.8. The van der Waals surface area contributed by atoms with Crippen molar-refractivity contribution in [3.05, 3.63) is 60.6 Å². The van der Waals surface area contributed by atoms with E-state index in [2.05, 4.69) is 15.4 Å². The zero-order valence-corrected chi connectivity index (χ0v) is 13.7. The summed E-state index contributed by atoms with van der Waals surface area (Å²) in [5, 5.41) is 1.05. The number of benzene rings is 1. The van der Waals surface area contributed by atoms with E-state index in [4.69, 9.17) is 0 Å². The van der Waals surface area contributed by atoms with Crippen LogP contribution in [0.3, 0.4) is 0 Å². The van der Waals surface area contributed by atoms with Gasteiger partial charge in [-0.1, -0.05) is 18.2 Å². The van der Waals surface area contributed by atoms with Crippen molar-refractivity contribution in [1.29, 1.82) is 0 Å². The minimum Gasteiger partial charge on any atom is -0.350 e. The minimum absolute atomic E-state index is 0.0195. The number of hydrogen-bond acceptors (Lipinski definition) is 4. The molecule has 5 heteroatoms. The quantitative estimate of drug-likeness (QED) is 0.546. The summed E-state index contributed by atoms with van der Waals surface area (Å²) in [6, 6.07) is 12.0. The second-order valence-corrected chi connectivity index (χ2v) is 6.83. The molecule has 1 saturated heterocycles. The van der Waals surface area contributed by atoms with Crippen LogP contribution in [0.4, 0.5) is 5.69 Å². The van der Waals surface area contributed by atoms with Crippen molar-refractivity contribution >= 4 is 34.3 Å². The van der Waals surface area contributed by atoms with Gasteiger partial charge in [-0.3, -0.25) is 9.78 Å². The summed E-state index contributed by atoms with van der Waals surface area (Å²) >= 11 is 1.70. The molecule has 2 aromatic heterocycles. The van der Waals surface area contributed by atoms with E-state index in [0.29, 0.717) is 0 Å². The topological polar surface area (TPSA) is 38.1 Å². The number of hydrogen-bond donors (Lipinski definition) is 0. The molecule has 1 unspecified atom stereocenters. The normalized spacial score (nSPS) is 17.8. The van der Waals surface area contributed by atoms with Crippen LogP contribution in [0.5, 0.6) is 0 Å². The summed E-state index contributed by atoms with van der Waals surface area (Å²) in [6.07, 6.45) is 5.57. The molecule has 1 aliphatic rings. The lowest BCUT2D eigenvalue weighted by Crippen LogP contribution is -2.22. The fourth-order valence-electron chi connectivity index (χ4n) is 3.08. The number of para-hydroxylation sites is 1. The van der Waals surface area contributed by atoms with Crippen LogP contribution in [-0.4, -0.2) is 27.6 Å². The smallest absolute Gasteiger partial charge is 0.170 e. The molecule has 0 saturated carbocycles. The number of Topliss-reactive ketones (excluding diaryl/α,β-unsaturated/α-hetero) is 1. The monoisotopic (exact) mass is 323 g/mol. The van der Waals surface area contributed by atoms with E-state index in [1.165, 1.54) is 0 Å². The fraction of sp³-hybridized carbons (Fsp3) is 0.222. The molecule has 0 spiro atoms. The maximum Gasteiger partial charge on any atom is 0.170 e. The van der Waals surface area contributed by atoms with Gasteiger partial charge in [0, 0.05) is 48.2 Å². The first kappa shape index (κ1) is 14.3. The highest BCUT2D eigenvalue weighted by atomic mass is 32.2. The molecular formula is C18H17N3OS. The number of ketones is 1. The molecule has 3 heterocycles. The molecule has 1 aromatic carbocycles.